The minimum Gasteiger partial charge on any atom is -0.384 e. The van der Waals surface area contributed by atoms with Crippen molar-refractivity contribution in [2.75, 3.05) is 11.9 Å². The average Bonchev–Trinajstić information content (AvgIpc) is 2.45. The molecule has 0 aliphatic carbocycles. The van der Waals surface area contributed by atoms with Gasteiger partial charge in [-0.15, -0.1) is 24.8 Å². The van der Waals surface area contributed by atoms with E-state index in [0.29, 0.717) is 6.04 Å². The van der Waals surface area contributed by atoms with Crippen LogP contribution in [-0.2, 0) is 13.0 Å². The lowest BCUT2D eigenvalue weighted by Gasteiger charge is -2.19. The highest BCUT2D eigenvalue weighted by Crippen LogP contribution is 2.27. The molecule has 1 aromatic heterocycles. The van der Waals surface area contributed by atoms with Crippen molar-refractivity contribution < 1.29 is 0 Å². The predicted octanol–water partition coefficient (Wildman–Crippen LogP) is 3.23. The Hall–Kier alpha value is -1.23. The Bertz CT molecular complexity index is 698. The number of hydrogen-bond donors (Lipinski definition) is 3. The molecule has 0 radical (unpaired) electrons. The molecule has 122 valence electrons. The van der Waals surface area contributed by atoms with Crippen molar-refractivity contribution >= 4 is 41.4 Å². The lowest BCUT2D eigenvalue weighted by Crippen LogP contribution is -2.23. The van der Waals surface area contributed by atoms with Crippen molar-refractivity contribution in [2.45, 2.75) is 39.3 Å². The molecule has 0 unspecified atom stereocenters. The molecule has 0 amide bonds. The summed E-state index contributed by atoms with van der Waals surface area (Å²) in [6.45, 7) is 6.02. The molecule has 3 N–H and O–H groups in total. The minimum absolute atomic E-state index is 0. The van der Waals surface area contributed by atoms with Crippen molar-refractivity contribution in [1.82, 2.24) is 10.3 Å². The average molecular weight is 344 g/mol. The summed E-state index contributed by atoms with van der Waals surface area (Å²) in [5, 5.41) is 7.89. The molecule has 0 saturated carbocycles. The molecule has 22 heavy (non-hydrogen) atoms. The number of pyridine rings is 1. The highest BCUT2D eigenvalue weighted by molar-refractivity contribution is 5.93. The van der Waals surface area contributed by atoms with E-state index in [0.717, 1.165) is 48.1 Å². The lowest BCUT2D eigenvalue weighted by molar-refractivity contribution is 0.589. The normalized spacial score (nSPS) is 13.0. The Morgan fingerprint density at radius 3 is 2.77 bits per heavy atom. The monoisotopic (exact) mass is 343 g/mol. The molecule has 2 heterocycles. The number of rotatable bonds is 3. The summed E-state index contributed by atoms with van der Waals surface area (Å²) >= 11 is 0. The van der Waals surface area contributed by atoms with Crippen molar-refractivity contribution in [1.29, 1.82) is 0 Å². The first-order valence-corrected chi connectivity index (χ1v) is 7.30. The Kier molecular flexibility index (Phi) is 6.72. The number of fused-ring (bicyclic) bond motifs is 3. The number of benzene rings is 1. The molecule has 4 nitrogen and oxygen atoms in total. The van der Waals surface area contributed by atoms with Crippen LogP contribution in [0.3, 0.4) is 0 Å². The zero-order valence-corrected chi connectivity index (χ0v) is 14.5. The minimum atomic E-state index is 0. The second-order valence-corrected chi connectivity index (χ2v) is 5.75. The summed E-state index contributed by atoms with van der Waals surface area (Å²) in [6, 6.07) is 6.77. The van der Waals surface area contributed by atoms with Crippen LogP contribution in [0.1, 0.15) is 31.4 Å². The molecular formula is C16H23Cl2N3O. The van der Waals surface area contributed by atoms with Crippen LogP contribution in [0.4, 0.5) is 5.69 Å². The Morgan fingerprint density at radius 1 is 1.27 bits per heavy atom. The van der Waals surface area contributed by atoms with E-state index in [1.165, 1.54) is 5.56 Å². The maximum atomic E-state index is 12.1. The fraction of sp³-hybridized carbons (Fsp3) is 0.438. The van der Waals surface area contributed by atoms with Gasteiger partial charge in [-0.3, -0.25) is 4.79 Å². The Balaban J connectivity index is 0.00000121. The number of anilines is 1. The molecule has 1 aliphatic rings. The fourth-order valence-corrected chi connectivity index (χ4v) is 2.74. The van der Waals surface area contributed by atoms with Gasteiger partial charge in [0.2, 0.25) is 0 Å². The lowest BCUT2D eigenvalue weighted by atomic mass is 10.0. The molecule has 1 aromatic carbocycles. The number of halogens is 2. The molecule has 0 atom stereocenters. The van der Waals surface area contributed by atoms with Gasteiger partial charge in [-0.2, -0.15) is 0 Å². The van der Waals surface area contributed by atoms with Gasteiger partial charge in [0, 0.05) is 30.1 Å². The van der Waals surface area contributed by atoms with Crippen LogP contribution < -0.4 is 16.2 Å². The second kappa shape index (κ2) is 7.86. The van der Waals surface area contributed by atoms with Gasteiger partial charge in [-0.1, -0.05) is 26.0 Å². The summed E-state index contributed by atoms with van der Waals surface area (Å²) in [7, 11) is 0. The molecule has 1 aliphatic heterocycles. The molecule has 0 bridgehead atoms. The van der Waals surface area contributed by atoms with Gasteiger partial charge in [-0.25, -0.2) is 0 Å². The first-order valence-electron chi connectivity index (χ1n) is 7.30. The van der Waals surface area contributed by atoms with Gasteiger partial charge in [0.15, 0.2) is 0 Å². The van der Waals surface area contributed by atoms with E-state index in [-0.39, 0.29) is 30.4 Å². The van der Waals surface area contributed by atoms with Crippen molar-refractivity contribution in [3.63, 3.8) is 0 Å². The predicted molar refractivity (Wildman–Crippen MR) is 97.9 cm³/mol. The van der Waals surface area contributed by atoms with Crippen molar-refractivity contribution in [2.24, 2.45) is 0 Å². The third-order valence-electron chi connectivity index (χ3n) is 3.80. The Morgan fingerprint density at radius 2 is 2.05 bits per heavy atom. The van der Waals surface area contributed by atoms with E-state index in [4.69, 9.17) is 0 Å². The number of aromatic nitrogens is 1. The highest BCUT2D eigenvalue weighted by atomic mass is 35.5. The van der Waals surface area contributed by atoms with E-state index in [1.807, 2.05) is 0 Å². The molecule has 6 heteroatoms. The van der Waals surface area contributed by atoms with Crippen molar-refractivity contribution in [3.05, 3.63) is 39.7 Å². The second-order valence-electron chi connectivity index (χ2n) is 5.75. The molecule has 0 fully saturated rings. The van der Waals surface area contributed by atoms with Crippen LogP contribution >= 0.6 is 24.8 Å². The summed E-state index contributed by atoms with van der Waals surface area (Å²) < 4.78 is 0. The standard InChI is InChI=1S/C16H21N3O.2ClH/c1-10(2)18-9-11-5-6-12-14(8-11)19-16(20)13-4-3-7-17-15(12)13;;/h5-6,8,10,17-18H,3-4,7,9H2,1-2H3,(H,19,20);2*1H. The largest absolute Gasteiger partial charge is 0.384 e. The van der Waals surface area contributed by atoms with Crippen LogP contribution in [0.5, 0.6) is 0 Å². The summed E-state index contributed by atoms with van der Waals surface area (Å²) in [5.74, 6) is 0. The SMILES string of the molecule is CC(C)NCc1ccc2c3c(c(=O)[nH]c2c1)CCCN3.Cl.Cl. The quantitative estimate of drug-likeness (QED) is 0.801. The smallest absolute Gasteiger partial charge is 0.253 e. The zero-order chi connectivity index (χ0) is 14.1. The number of aromatic amines is 1. The van der Waals surface area contributed by atoms with Gasteiger partial charge in [0.25, 0.3) is 5.56 Å². The van der Waals surface area contributed by atoms with Gasteiger partial charge in [-0.05, 0) is 24.5 Å². The van der Waals surface area contributed by atoms with E-state index in [9.17, 15) is 4.79 Å². The number of hydrogen-bond acceptors (Lipinski definition) is 3. The van der Waals surface area contributed by atoms with Gasteiger partial charge < -0.3 is 15.6 Å². The molecule has 0 saturated heterocycles. The third kappa shape index (κ3) is 3.75. The van der Waals surface area contributed by atoms with E-state index in [2.05, 4.69) is 47.7 Å². The van der Waals surface area contributed by atoms with Crippen LogP contribution in [0.25, 0.3) is 10.9 Å². The number of H-pyrrole nitrogens is 1. The van der Waals surface area contributed by atoms with Crippen LogP contribution in [0, 0.1) is 0 Å². The zero-order valence-electron chi connectivity index (χ0n) is 12.9. The molecule has 2 aromatic rings. The van der Waals surface area contributed by atoms with Gasteiger partial charge in [0.1, 0.15) is 0 Å². The summed E-state index contributed by atoms with van der Waals surface area (Å²) in [6.07, 6.45) is 1.89. The summed E-state index contributed by atoms with van der Waals surface area (Å²) in [4.78, 5) is 15.2. The van der Waals surface area contributed by atoms with Crippen LogP contribution in [0.2, 0.25) is 0 Å². The molecule has 3 rings (SSSR count). The first kappa shape index (κ1) is 18.8. The van der Waals surface area contributed by atoms with Crippen molar-refractivity contribution in [3.8, 4) is 0 Å². The number of nitrogens with one attached hydrogen (secondary N) is 3. The van der Waals surface area contributed by atoms with Gasteiger partial charge in [0.05, 0.1) is 11.2 Å². The van der Waals surface area contributed by atoms with E-state index < -0.39 is 0 Å². The van der Waals surface area contributed by atoms with Crippen LogP contribution in [0.15, 0.2) is 23.0 Å². The Labute approximate surface area is 142 Å². The van der Waals surface area contributed by atoms with E-state index >= 15 is 0 Å². The maximum absolute atomic E-state index is 12.1. The first-order chi connectivity index (χ1) is 9.65. The fourth-order valence-electron chi connectivity index (χ4n) is 2.74. The highest BCUT2D eigenvalue weighted by Gasteiger charge is 2.15. The maximum Gasteiger partial charge on any atom is 0.253 e. The van der Waals surface area contributed by atoms with Crippen LogP contribution in [-0.4, -0.2) is 17.6 Å². The van der Waals surface area contributed by atoms with E-state index in [1.54, 1.807) is 0 Å². The van der Waals surface area contributed by atoms with Gasteiger partial charge >= 0.3 is 0 Å². The molecular weight excluding hydrogens is 321 g/mol. The third-order valence-corrected chi connectivity index (χ3v) is 3.80. The topological polar surface area (TPSA) is 56.9 Å². The molecule has 0 spiro atoms. The summed E-state index contributed by atoms with van der Waals surface area (Å²) in [5.41, 5.74) is 4.09.